The van der Waals surface area contributed by atoms with Gasteiger partial charge in [0.15, 0.2) is 23.0 Å². The number of ether oxygens (including phenoxy) is 4. The van der Waals surface area contributed by atoms with Gasteiger partial charge in [-0.3, -0.25) is 19.3 Å². The maximum Gasteiger partial charge on any atom is 0.387 e. The lowest BCUT2D eigenvalue weighted by molar-refractivity contribution is -0.122. The van der Waals surface area contributed by atoms with Crippen molar-refractivity contribution in [3.63, 3.8) is 0 Å². The molecule has 0 unspecified atom stereocenters. The predicted molar refractivity (Wildman–Crippen MR) is 117 cm³/mol. The smallest absolute Gasteiger partial charge is 0.387 e. The fraction of sp³-hybridized carbons (Fsp3) is 0.227. The number of imide groups is 1. The molecule has 2 aromatic carbocycles. The highest BCUT2D eigenvalue weighted by Gasteiger charge is 2.34. The Morgan fingerprint density at radius 3 is 2.74 bits per heavy atom. The Hall–Kier alpha value is -3.80. The number of amides is 3. The van der Waals surface area contributed by atoms with Crippen LogP contribution in [-0.4, -0.2) is 55.6 Å². The van der Waals surface area contributed by atoms with E-state index in [-0.39, 0.29) is 41.9 Å². The van der Waals surface area contributed by atoms with Crippen LogP contribution in [-0.2, 0) is 4.79 Å². The minimum absolute atomic E-state index is 0.00816. The zero-order valence-electron chi connectivity index (χ0n) is 17.7. The van der Waals surface area contributed by atoms with Gasteiger partial charge < -0.3 is 24.3 Å². The average molecular weight is 492 g/mol. The van der Waals surface area contributed by atoms with Crippen LogP contribution < -0.4 is 24.3 Å². The highest BCUT2D eigenvalue weighted by Crippen LogP contribution is 2.36. The zero-order valence-corrected chi connectivity index (χ0v) is 18.5. The van der Waals surface area contributed by atoms with E-state index in [9.17, 15) is 23.2 Å². The number of hydrogen-bond donors (Lipinski definition) is 1. The van der Waals surface area contributed by atoms with Crippen molar-refractivity contribution >= 4 is 34.9 Å². The SMILES string of the molecule is COc1cc(C(=O)NCCN2C(=O)S/C(=C\c3ccc4c(c3)OCO4)C2=O)ccc1OC(F)F. The summed E-state index contributed by atoms with van der Waals surface area (Å²) in [7, 11) is 1.26. The summed E-state index contributed by atoms with van der Waals surface area (Å²) < 4.78 is 44.8. The van der Waals surface area contributed by atoms with Crippen LogP contribution >= 0.6 is 11.8 Å². The van der Waals surface area contributed by atoms with Crippen LogP contribution in [0.1, 0.15) is 15.9 Å². The number of nitrogens with zero attached hydrogens (tertiary/aromatic N) is 1. The van der Waals surface area contributed by atoms with Gasteiger partial charge in [-0.05, 0) is 53.7 Å². The summed E-state index contributed by atoms with van der Waals surface area (Å²) in [4.78, 5) is 38.6. The first-order valence-electron chi connectivity index (χ1n) is 9.92. The summed E-state index contributed by atoms with van der Waals surface area (Å²) in [6, 6.07) is 8.91. The van der Waals surface area contributed by atoms with Crippen molar-refractivity contribution in [1.82, 2.24) is 10.2 Å². The Kier molecular flexibility index (Phi) is 6.87. The molecule has 0 saturated carbocycles. The summed E-state index contributed by atoms with van der Waals surface area (Å²) in [6.07, 6.45) is 1.58. The van der Waals surface area contributed by atoms with E-state index in [2.05, 4.69) is 10.1 Å². The molecule has 0 spiro atoms. The first-order valence-corrected chi connectivity index (χ1v) is 10.7. The Morgan fingerprint density at radius 2 is 1.97 bits per heavy atom. The number of hydrogen-bond acceptors (Lipinski definition) is 8. The molecule has 2 heterocycles. The van der Waals surface area contributed by atoms with Crippen LogP contribution in [0.4, 0.5) is 13.6 Å². The van der Waals surface area contributed by atoms with Crippen molar-refractivity contribution in [3.8, 4) is 23.0 Å². The van der Waals surface area contributed by atoms with Crippen molar-refractivity contribution < 1.29 is 42.1 Å². The third-order valence-electron chi connectivity index (χ3n) is 4.83. The van der Waals surface area contributed by atoms with E-state index in [1.807, 2.05) is 0 Å². The molecular weight excluding hydrogens is 474 g/mol. The van der Waals surface area contributed by atoms with Gasteiger partial charge in [0.2, 0.25) is 6.79 Å². The molecule has 1 fully saturated rings. The lowest BCUT2D eigenvalue weighted by atomic mass is 10.2. The number of thioether (sulfide) groups is 1. The number of fused-ring (bicyclic) bond motifs is 1. The highest BCUT2D eigenvalue weighted by atomic mass is 32.2. The van der Waals surface area contributed by atoms with E-state index in [1.165, 1.54) is 25.3 Å². The molecule has 9 nitrogen and oxygen atoms in total. The second-order valence-corrected chi connectivity index (χ2v) is 7.94. The van der Waals surface area contributed by atoms with Crippen LogP contribution in [0, 0.1) is 0 Å². The van der Waals surface area contributed by atoms with Crippen LogP contribution in [0.2, 0.25) is 0 Å². The number of benzene rings is 2. The standard InChI is InChI=1S/C22H18F2N2O7S/c1-30-16-10-13(3-5-15(16)33-21(23)24)19(27)25-6-7-26-20(28)18(34-22(26)29)9-12-2-4-14-17(8-12)32-11-31-14/h2-5,8-10,21H,6-7,11H2,1H3,(H,25,27)/b18-9-. The fourth-order valence-corrected chi connectivity index (χ4v) is 4.10. The number of methoxy groups -OCH3 is 1. The van der Waals surface area contributed by atoms with E-state index in [0.717, 1.165) is 16.7 Å². The van der Waals surface area contributed by atoms with Gasteiger partial charge in [0.05, 0.1) is 12.0 Å². The average Bonchev–Trinajstić information content (AvgIpc) is 3.38. The monoisotopic (exact) mass is 492 g/mol. The molecular formula is C22H18F2N2O7S. The Labute approximate surface area is 196 Å². The van der Waals surface area contributed by atoms with E-state index >= 15 is 0 Å². The molecule has 0 radical (unpaired) electrons. The van der Waals surface area contributed by atoms with Crippen molar-refractivity contribution in [3.05, 3.63) is 52.4 Å². The van der Waals surface area contributed by atoms with E-state index in [1.54, 1.807) is 24.3 Å². The highest BCUT2D eigenvalue weighted by molar-refractivity contribution is 8.18. The summed E-state index contributed by atoms with van der Waals surface area (Å²) >= 11 is 0.799. The van der Waals surface area contributed by atoms with Crippen LogP contribution in [0.15, 0.2) is 41.3 Å². The summed E-state index contributed by atoms with van der Waals surface area (Å²) in [5, 5.41) is 2.13. The van der Waals surface area contributed by atoms with Gasteiger partial charge in [0.1, 0.15) is 0 Å². The molecule has 2 aromatic rings. The Balaban J connectivity index is 1.35. The van der Waals surface area contributed by atoms with Crippen molar-refractivity contribution in [2.24, 2.45) is 0 Å². The number of alkyl halides is 2. The normalized spacial score (nSPS) is 15.9. The molecule has 2 aliphatic rings. The molecule has 3 amide bonds. The predicted octanol–water partition coefficient (Wildman–Crippen LogP) is 3.49. The number of nitrogens with one attached hydrogen (secondary N) is 1. The molecule has 0 aliphatic carbocycles. The number of rotatable bonds is 8. The molecule has 4 rings (SSSR count). The van der Waals surface area contributed by atoms with Gasteiger partial charge in [-0.1, -0.05) is 6.07 Å². The lowest BCUT2D eigenvalue weighted by Gasteiger charge is -2.14. The van der Waals surface area contributed by atoms with Gasteiger partial charge in [-0.25, -0.2) is 0 Å². The number of carbonyl (C=O) groups excluding carboxylic acids is 3. The van der Waals surface area contributed by atoms with Crippen molar-refractivity contribution in [2.45, 2.75) is 6.61 Å². The first-order chi connectivity index (χ1) is 16.4. The third-order valence-corrected chi connectivity index (χ3v) is 5.74. The molecule has 0 atom stereocenters. The Bertz CT molecular complexity index is 1170. The molecule has 1 N–H and O–H groups in total. The topological polar surface area (TPSA) is 103 Å². The molecule has 0 aromatic heterocycles. The number of carbonyl (C=O) groups is 3. The van der Waals surface area contributed by atoms with E-state index in [4.69, 9.17) is 14.2 Å². The summed E-state index contributed by atoms with van der Waals surface area (Å²) in [5.41, 5.74) is 0.812. The minimum atomic E-state index is -3.04. The molecule has 34 heavy (non-hydrogen) atoms. The van der Waals surface area contributed by atoms with Gasteiger partial charge in [-0.15, -0.1) is 0 Å². The quantitative estimate of drug-likeness (QED) is 0.559. The largest absolute Gasteiger partial charge is 0.493 e. The van der Waals surface area contributed by atoms with Crippen molar-refractivity contribution in [1.29, 1.82) is 0 Å². The van der Waals surface area contributed by atoms with Crippen molar-refractivity contribution in [2.75, 3.05) is 27.0 Å². The second-order valence-electron chi connectivity index (χ2n) is 6.95. The Morgan fingerprint density at radius 1 is 1.18 bits per heavy atom. The number of halogens is 2. The van der Waals surface area contributed by atoms with Crippen LogP contribution in [0.25, 0.3) is 6.08 Å². The van der Waals surface area contributed by atoms with Gasteiger partial charge in [0.25, 0.3) is 17.1 Å². The molecule has 1 saturated heterocycles. The van der Waals surface area contributed by atoms with Crippen LogP contribution in [0.5, 0.6) is 23.0 Å². The zero-order chi connectivity index (χ0) is 24.2. The maximum absolute atomic E-state index is 12.7. The summed E-state index contributed by atoms with van der Waals surface area (Å²) in [6.45, 7) is -2.96. The first kappa shape index (κ1) is 23.4. The lowest BCUT2D eigenvalue weighted by Crippen LogP contribution is -2.37. The minimum Gasteiger partial charge on any atom is -0.493 e. The summed E-state index contributed by atoms with van der Waals surface area (Å²) in [5.74, 6) is -0.0913. The van der Waals surface area contributed by atoms with Gasteiger partial charge in [0, 0.05) is 18.7 Å². The van der Waals surface area contributed by atoms with Crippen LogP contribution in [0.3, 0.4) is 0 Å². The van der Waals surface area contributed by atoms with Gasteiger partial charge in [-0.2, -0.15) is 8.78 Å². The maximum atomic E-state index is 12.7. The van der Waals surface area contributed by atoms with E-state index in [0.29, 0.717) is 17.1 Å². The van der Waals surface area contributed by atoms with Gasteiger partial charge >= 0.3 is 6.61 Å². The second kappa shape index (κ2) is 10.00. The molecule has 2 aliphatic heterocycles. The molecule has 0 bridgehead atoms. The van der Waals surface area contributed by atoms with E-state index < -0.39 is 23.7 Å². The fourth-order valence-electron chi connectivity index (χ4n) is 3.23. The third kappa shape index (κ3) is 5.06. The molecule has 178 valence electrons. The molecule has 12 heteroatoms.